The van der Waals surface area contributed by atoms with E-state index in [2.05, 4.69) is 51.6 Å². The van der Waals surface area contributed by atoms with Crippen molar-refractivity contribution in [2.24, 2.45) is 0 Å². The van der Waals surface area contributed by atoms with Crippen molar-refractivity contribution in [1.29, 1.82) is 0 Å². The van der Waals surface area contributed by atoms with Crippen LogP contribution in [0.25, 0.3) is 0 Å². The highest BCUT2D eigenvalue weighted by molar-refractivity contribution is 5.82. The molecular weight excluding hydrogens is 388 g/mol. The molecular formula is C25H40N4O2. The monoisotopic (exact) mass is 428 g/mol. The van der Waals surface area contributed by atoms with Crippen molar-refractivity contribution >= 4 is 5.91 Å². The molecule has 2 atom stereocenters. The summed E-state index contributed by atoms with van der Waals surface area (Å²) in [5.74, 6) is 0.173. The van der Waals surface area contributed by atoms with Gasteiger partial charge in [-0.15, -0.1) is 0 Å². The van der Waals surface area contributed by atoms with E-state index in [0.717, 1.165) is 38.9 Å². The van der Waals surface area contributed by atoms with Gasteiger partial charge in [0.15, 0.2) is 0 Å². The number of amides is 1. The fourth-order valence-corrected chi connectivity index (χ4v) is 5.84. The molecule has 2 heterocycles. The van der Waals surface area contributed by atoms with E-state index in [0.29, 0.717) is 31.3 Å². The number of nitrogens with zero attached hydrogens (tertiary/aromatic N) is 2. The van der Waals surface area contributed by atoms with Gasteiger partial charge in [-0.05, 0) is 69.3 Å². The molecule has 172 valence electrons. The molecule has 0 aromatic heterocycles. The molecule has 3 aliphatic rings. The van der Waals surface area contributed by atoms with Gasteiger partial charge in [-0.1, -0.05) is 31.2 Å². The SMILES string of the molecule is CCCN1CCC(N2C[C@@H](NC3Cc4ccccc4C3)C[C@H]2C(=O)NCCOC)CC1. The number of methoxy groups -OCH3 is 1. The predicted molar refractivity (Wildman–Crippen MR) is 124 cm³/mol. The van der Waals surface area contributed by atoms with Gasteiger partial charge in [-0.2, -0.15) is 0 Å². The van der Waals surface area contributed by atoms with Gasteiger partial charge in [0, 0.05) is 38.3 Å². The first-order chi connectivity index (χ1) is 15.2. The van der Waals surface area contributed by atoms with Crippen LogP contribution >= 0.6 is 0 Å². The number of fused-ring (bicyclic) bond motifs is 1. The van der Waals surface area contributed by atoms with E-state index in [1.807, 2.05) is 0 Å². The van der Waals surface area contributed by atoms with Gasteiger partial charge in [0.05, 0.1) is 12.6 Å². The number of carbonyl (C=O) groups is 1. The molecule has 0 spiro atoms. The van der Waals surface area contributed by atoms with Crippen molar-refractivity contribution in [2.75, 3.05) is 46.4 Å². The maximum absolute atomic E-state index is 13.1. The number of nitrogens with one attached hydrogen (secondary N) is 2. The molecule has 2 fully saturated rings. The minimum absolute atomic E-state index is 0.0270. The van der Waals surface area contributed by atoms with Gasteiger partial charge in [0.25, 0.3) is 0 Å². The molecule has 1 aromatic rings. The average molecular weight is 429 g/mol. The van der Waals surface area contributed by atoms with Gasteiger partial charge < -0.3 is 20.3 Å². The van der Waals surface area contributed by atoms with Gasteiger partial charge in [-0.3, -0.25) is 9.69 Å². The van der Waals surface area contributed by atoms with Crippen LogP contribution in [-0.2, 0) is 22.4 Å². The molecule has 6 nitrogen and oxygen atoms in total. The number of likely N-dealkylation sites (tertiary alicyclic amines) is 2. The standard InChI is InChI=1S/C25H40N4O2/c1-3-11-28-12-8-23(9-13-28)29-18-22(17-24(29)25(30)26-10-14-31-2)27-21-15-19-6-4-5-7-20(19)16-21/h4-7,21-24,27H,3,8-18H2,1-2H3,(H,26,30)/t22-,24-/m0/s1. The molecule has 2 aliphatic heterocycles. The average Bonchev–Trinajstić information content (AvgIpc) is 3.38. The number of hydrogen-bond acceptors (Lipinski definition) is 5. The van der Waals surface area contributed by atoms with Crippen LogP contribution in [0.1, 0.15) is 43.7 Å². The number of carbonyl (C=O) groups excluding carboxylic acids is 1. The van der Waals surface area contributed by atoms with Crippen molar-refractivity contribution in [2.45, 2.75) is 69.6 Å². The molecule has 0 saturated carbocycles. The van der Waals surface area contributed by atoms with E-state index in [1.165, 1.54) is 36.9 Å². The lowest BCUT2D eigenvalue weighted by Gasteiger charge is -2.39. The molecule has 31 heavy (non-hydrogen) atoms. The lowest BCUT2D eigenvalue weighted by molar-refractivity contribution is -0.126. The van der Waals surface area contributed by atoms with Gasteiger partial charge in [0.2, 0.25) is 5.91 Å². The second-order valence-corrected chi connectivity index (χ2v) is 9.54. The highest BCUT2D eigenvalue weighted by atomic mass is 16.5. The topological polar surface area (TPSA) is 56.8 Å². The van der Waals surface area contributed by atoms with E-state index < -0.39 is 0 Å². The molecule has 1 aromatic carbocycles. The molecule has 4 rings (SSSR count). The second-order valence-electron chi connectivity index (χ2n) is 9.54. The molecule has 2 N–H and O–H groups in total. The number of hydrogen-bond donors (Lipinski definition) is 2. The smallest absolute Gasteiger partial charge is 0.237 e. The Morgan fingerprint density at radius 3 is 2.48 bits per heavy atom. The summed E-state index contributed by atoms with van der Waals surface area (Å²) >= 11 is 0. The molecule has 0 radical (unpaired) electrons. The maximum Gasteiger partial charge on any atom is 0.237 e. The van der Waals surface area contributed by atoms with Crippen LogP contribution in [0.5, 0.6) is 0 Å². The van der Waals surface area contributed by atoms with Crippen molar-refractivity contribution in [1.82, 2.24) is 20.4 Å². The highest BCUT2D eigenvalue weighted by Gasteiger charge is 2.41. The Hall–Kier alpha value is -1.47. The van der Waals surface area contributed by atoms with E-state index >= 15 is 0 Å². The first-order valence-corrected chi connectivity index (χ1v) is 12.3. The summed E-state index contributed by atoms with van der Waals surface area (Å²) in [4.78, 5) is 18.1. The van der Waals surface area contributed by atoms with Crippen LogP contribution in [0, 0.1) is 0 Å². The van der Waals surface area contributed by atoms with Crippen LogP contribution in [-0.4, -0.2) is 86.3 Å². The summed E-state index contributed by atoms with van der Waals surface area (Å²) in [5, 5.41) is 7.03. The molecule has 2 saturated heterocycles. The lowest BCUT2D eigenvalue weighted by Crippen LogP contribution is -2.52. The third kappa shape index (κ3) is 5.67. The molecule has 6 heteroatoms. The minimum atomic E-state index is -0.0270. The lowest BCUT2D eigenvalue weighted by atomic mass is 10.0. The van der Waals surface area contributed by atoms with Crippen molar-refractivity contribution < 1.29 is 9.53 Å². The van der Waals surface area contributed by atoms with Crippen LogP contribution in [0.15, 0.2) is 24.3 Å². The summed E-state index contributed by atoms with van der Waals surface area (Å²) in [7, 11) is 1.68. The molecule has 0 unspecified atom stereocenters. The van der Waals surface area contributed by atoms with Crippen molar-refractivity contribution in [3.63, 3.8) is 0 Å². The largest absolute Gasteiger partial charge is 0.383 e. The zero-order chi connectivity index (χ0) is 21.6. The molecule has 1 amide bonds. The van der Waals surface area contributed by atoms with Gasteiger partial charge in [-0.25, -0.2) is 0 Å². The normalized spacial score (nSPS) is 25.7. The van der Waals surface area contributed by atoms with E-state index in [4.69, 9.17) is 4.74 Å². The fraction of sp³-hybridized carbons (Fsp3) is 0.720. The van der Waals surface area contributed by atoms with Crippen LogP contribution in [0.2, 0.25) is 0 Å². The number of ether oxygens (including phenoxy) is 1. The van der Waals surface area contributed by atoms with Crippen LogP contribution < -0.4 is 10.6 Å². The number of rotatable bonds is 9. The highest BCUT2D eigenvalue weighted by Crippen LogP contribution is 2.29. The van der Waals surface area contributed by atoms with Crippen molar-refractivity contribution in [3.8, 4) is 0 Å². The van der Waals surface area contributed by atoms with Gasteiger partial charge in [0.1, 0.15) is 0 Å². The first-order valence-electron chi connectivity index (χ1n) is 12.3. The summed E-state index contributed by atoms with van der Waals surface area (Å²) in [5.41, 5.74) is 2.96. The third-order valence-corrected chi connectivity index (χ3v) is 7.34. The van der Waals surface area contributed by atoms with Crippen LogP contribution in [0.3, 0.4) is 0 Å². The maximum atomic E-state index is 13.1. The summed E-state index contributed by atoms with van der Waals surface area (Å²) in [6, 6.07) is 10.2. The van der Waals surface area contributed by atoms with Gasteiger partial charge >= 0.3 is 0 Å². The summed E-state index contributed by atoms with van der Waals surface area (Å²) in [6.07, 6.45) is 6.67. The third-order valence-electron chi connectivity index (χ3n) is 7.34. The van der Waals surface area contributed by atoms with E-state index in [-0.39, 0.29) is 11.9 Å². The number of benzene rings is 1. The Morgan fingerprint density at radius 1 is 1.13 bits per heavy atom. The Balaban J connectivity index is 1.37. The zero-order valence-corrected chi connectivity index (χ0v) is 19.3. The molecule has 0 bridgehead atoms. The Bertz CT molecular complexity index is 694. The Labute approximate surface area is 187 Å². The van der Waals surface area contributed by atoms with E-state index in [9.17, 15) is 4.79 Å². The predicted octanol–water partition coefficient (Wildman–Crippen LogP) is 1.82. The Kier molecular flexibility index (Phi) is 7.99. The first kappa shape index (κ1) is 22.7. The number of piperidine rings is 1. The quantitative estimate of drug-likeness (QED) is 0.588. The molecule has 1 aliphatic carbocycles. The summed E-state index contributed by atoms with van der Waals surface area (Å²) < 4.78 is 5.13. The zero-order valence-electron chi connectivity index (χ0n) is 19.3. The van der Waals surface area contributed by atoms with Crippen molar-refractivity contribution in [3.05, 3.63) is 35.4 Å². The minimum Gasteiger partial charge on any atom is -0.383 e. The second kappa shape index (κ2) is 10.9. The fourth-order valence-electron chi connectivity index (χ4n) is 5.84. The van der Waals surface area contributed by atoms with E-state index in [1.54, 1.807) is 7.11 Å². The van der Waals surface area contributed by atoms with Crippen LogP contribution in [0.4, 0.5) is 0 Å². The Morgan fingerprint density at radius 2 is 1.84 bits per heavy atom. The summed E-state index contributed by atoms with van der Waals surface area (Å²) in [6.45, 7) is 7.89.